The lowest BCUT2D eigenvalue weighted by Gasteiger charge is -2.28. The zero-order valence-corrected chi connectivity index (χ0v) is 15.1. The lowest BCUT2D eigenvalue weighted by Crippen LogP contribution is -2.41. The predicted molar refractivity (Wildman–Crippen MR) is 89.6 cm³/mol. The normalized spacial score (nSPS) is 21.2. The Morgan fingerprint density at radius 1 is 1.29 bits per heavy atom. The molecular weight excluding hydrogens is 354 g/mol. The second-order valence-corrected chi connectivity index (χ2v) is 8.82. The van der Waals surface area contributed by atoms with Gasteiger partial charge in [0, 0.05) is 18.1 Å². The van der Waals surface area contributed by atoms with Crippen LogP contribution in [0.3, 0.4) is 0 Å². The minimum absolute atomic E-state index is 0.0211. The minimum atomic E-state index is -3.79. The fraction of sp³-hybridized carbons (Fsp3) is 0.500. The van der Waals surface area contributed by atoms with Crippen LogP contribution in [0.5, 0.6) is 0 Å². The van der Waals surface area contributed by atoms with Gasteiger partial charge < -0.3 is 10.0 Å². The van der Waals surface area contributed by atoms with E-state index in [2.05, 4.69) is 0 Å². The Balaban J connectivity index is 2.13. The van der Waals surface area contributed by atoms with Crippen molar-refractivity contribution in [2.75, 3.05) is 18.8 Å². The van der Waals surface area contributed by atoms with Crippen LogP contribution in [0.2, 0.25) is 5.02 Å². The third-order valence-electron chi connectivity index (χ3n) is 4.67. The standard InChI is InChI=1S/C16H20ClNO5S/c1-11(2)16(15(20)21)7-8-18(10-16)14(19)9-24(22,23)13-5-3-12(17)4-6-13/h3-6,11H,7-10H2,1-2H3,(H,20,21). The Bertz CT molecular complexity index is 744. The summed E-state index contributed by atoms with van der Waals surface area (Å²) in [6.07, 6.45) is 0.326. The van der Waals surface area contributed by atoms with Gasteiger partial charge in [0.25, 0.3) is 0 Å². The molecule has 1 aliphatic heterocycles. The van der Waals surface area contributed by atoms with Gasteiger partial charge in [-0.15, -0.1) is 0 Å². The Morgan fingerprint density at radius 2 is 1.88 bits per heavy atom. The second kappa shape index (κ2) is 6.72. The third-order valence-corrected chi connectivity index (χ3v) is 6.54. The smallest absolute Gasteiger partial charge is 0.311 e. The number of carbonyl (C=O) groups excluding carboxylic acids is 1. The molecule has 1 unspecified atom stereocenters. The monoisotopic (exact) mass is 373 g/mol. The molecule has 8 heteroatoms. The summed E-state index contributed by atoms with van der Waals surface area (Å²) in [4.78, 5) is 25.3. The molecule has 1 aromatic rings. The molecule has 1 fully saturated rings. The number of amides is 1. The molecule has 6 nitrogen and oxygen atoms in total. The first-order valence-electron chi connectivity index (χ1n) is 7.58. The molecule has 1 amide bonds. The maximum absolute atomic E-state index is 12.4. The summed E-state index contributed by atoms with van der Waals surface area (Å²) in [5, 5.41) is 9.91. The van der Waals surface area contributed by atoms with E-state index in [0.717, 1.165) is 0 Å². The largest absolute Gasteiger partial charge is 0.481 e. The highest BCUT2D eigenvalue weighted by molar-refractivity contribution is 7.92. The van der Waals surface area contributed by atoms with E-state index in [4.69, 9.17) is 11.6 Å². The van der Waals surface area contributed by atoms with E-state index >= 15 is 0 Å². The number of rotatable bonds is 5. The molecule has 1 saturated heterocycles. The molecule has 1 atom stereocenters. The zero-order chi connectivity index (χ0) is 18.1. The molecule has 1 aliphatic rings. The quantitative estimate of drug-likeness (QED) is 0.853. The minimum Gasteiger partial charge on any atom is -0.481 e. The fourth-order valence-electron chi connectivity index (χ4n) is 2.92. The summed E-state index contributed by atoms with van der Waals surface area (Å²) < 4.78 is 24.7. The highest BCUT2D eigenvalue weighted by atomic mass is 35.5. The van der Waals surface area contributed by atoms with Gasteiger partial charge >= 0.3 is 5.97 Å². The molecule has 1 aromatic carbocycles. The summed E-state index contributed by atoms with van der Waals surface area (Å²) in [5.74, 6) is -2.36. The first kappa shape index (κ1) is 18.7. The van der Waals surface area contributed by atoms with E-state index in [0.29, 0.717) is 11.4 Å². The van der Waals surface area contributed by atoms with Crippen LogP contribution >= 0.6 is 11.6 Å². The van der Waals surface area contributed by atoms with E-state index in [1.165, 1.54) is 29.2 Å². The number of hydrogen-bond acceptors (Lipinski definition) is 4. The van der Waals surface area contributed by atoms with E-state index < -0.39 is 32.9 Å². The molecule has 2 rings (SSSR count). The van der Waals surface area contributed by atoms with Crippen molar-refractivity contribution in [1.29, 1.82) is 0 Å². The fourth-order valence-corrected chi connectivity index (χ4v) is 4.27. The van der Waals surface area contributed by atoms with Crippen molar-refractivity contribution < 1.29 is 23.1 Å². The van der Waals surface area contributed by atoms with Gasteiger partial charge in [-0.3, -0.25) is 9.59 Å². The van der Waals surface area contributed by atoms with E-state index in [1.807, 2.05) is 0 Å². The first-order valence-corrected chi connectivity index (χ1v) is 9.61. The third kappa shape index (κ3) is 3.57. The summed E-state index contributed by atoms with van der Waals surface area (Å²) in [7, 11) is -3.79. The molecule has 0 aromatic heterocycles. The number of hydrogen-bond donors (Lipinski definition) is 1. The molecule has 24 heavy (non-hydrogen) atoms. The Hall–Kier alpha value is -1.60. The molecule has 0 bridgehead atoms. The summed E-state index contributed by atoms with van der Waals surface area (Å²) in [5.41, 5.74) is -1.01. The number of sulfone groups is 1. The molecule has 1 heterocycles. The van der Waals surface area contributed by atoms with Crippen molar-refractivity contribution >= 4 is 33.3 Å². The van der Waals surface area contributed by atoms with Crippen LogP contribution in [0, 0.1) is 11.3 Å². The highest BCUT2D eigenvalue weighted by Gasteiger charge is 2.48. The van der Waals surface area contributed by atoms with Crippen LogP contribution in [0.15, 0.2) is 29.2 Å². The summed E-state index contributed by atoms with van der Waals surface area (Å²) in [6.45, 7) is 3.88. The van der Waals surface area contributed by atoms with Crippen molar-refractivity contribution in [2.24, 2.45) is 11.3 Å². The number of benzene rings is 1. The van der Waals surface area contributed by atoms with Gasteiger partial charge in [-0.25, -0.2) is 8.42 Å². The molecule has 0 saturated carbocycles. The van der Waals surface area contributed by atoms with E-state index in [9.17, 15) is 23.1 Å². The number of carbonyl (C=O) groups is 2. The Labute approximate surface area is 146 Å². The van der Waals surface area contributed by atoms with Crippen LogP contribution in [0.25, 0.3) is 0 Å². The number of likely N-dealkylation sites (tertiary alicyclic amines) is 1. The molecule has 0 aliphatic carbocycles. The van der Waals surface area contributed by atoms with Crippen LogP contribution in [0.4, 0.5) is 0 Å². The average Bonchev–Trinajstić information content (AvgIpc) is 2.94. The highest BCUT2D eigenvalue weighted by Crippen LogP contribution is 2.38. The van der Waals surface area contributed by atoms with Gasteiger partial charge in [-0.05, 0) is 36.6 Å². The lowest BCUT2D eigenvalue weighted by atomic mass is 9.76. The maximum Gasteiger partial charge on any atom is 0.311 e. The van der Waals surface area contributed by atoms with Crippen molar-refractivity contribution in [2.45, 2.75) is 25.2 Å². The zero-order valence-electron chi connectivity index (χ0n) is 13.5. The molecule has 132 valence electrons. The van der Waals surface area contributed by atoms with Gasteiger partial charge in [-0.1, -0.05) is 25.4 Å². The molecule has 0 spiro atoms. The topological polar surface area (TPSA) is 91.8 Å². The van der Waals surface area contributed by atoms with Crippen molar-refractivity contribution in [3.63, 3.8) is 0 Å². The molecular formula is C16H20ClNO5S. The lowest BCUT2D eigenvalue weighted by molar-refractivity contribution is -0.151. The van der Waals surface area contributed by atoms with Gasteiger partial charge in [0.05, 0.1) is 10.3 Å². The van der Waals surface area contributed by atoms with Crippen molar-refractivity contribution in [3.8, 4) is 0 Å². The molecule has 0 radical (unpaired) electrons. The molecule has 1 N–H and O–H groups in total. The number of nitrogens with zero attached hydrogens (tertiary/aromatic N) is 1. The second-order valence-electron chi connectivity index (χ2n) is 6.39. The summed E-state index contributed by atoms with van der Waals surface area (Å²) >= 11 is 5.74. The Morgan fingerprint density at radius 3 is 2.33 bits per heavy atom. The SMILES string of the molecule is CC(C)C1(C(=O)O)CCN(C(=O)CS(=O)(=O)c2ccc(Cl)cc2)C1. The number of carboxylic acid groups (broad SMARTS) is 1. The van der Waals surface area contributed by atoms with Crippen LogP contribution in [-0.4, -0.2) is 49.1 Å². The van der Waals surface area contributed by atoms with Gasteiger partial charge in [-0.2, -0.15) is 0 Å². The number of halogens is 1. The van der Waals surface area contributed by atoms with Crippen LogP contribution in [-0.2, 0) is 19.4 Å². The predicted octanol–water partition coefficient (Wildman–Crippen LogP) is 2.07. The van der Waals surface area contributed by atoms with Gasteiger partial charge in [0.2, 0.25) is 5.91 Å². The van der Waals surface area contributed by atoms with Gasteiger partial charge in [0.15, 0.2) is 9.84 Å². The van der Waals surface area contributed by atoms with Crippen LogP contribution < -0.4 is 0 Å². The number of aliphatic carboxylic acids is 1. The van der Waals surface area contributed by atoms with E-state index in [-0.39, 0.29) is 23.9 Å². The van der Waals surface area contributed by atoms with Crippen molar-refractivity contribution in [1.82, 2.24) is 4.90 Å². The average molecular weight is 374 g/mol. The van der Waals surface area contributed by atoms with E-state index in [1.54, 1.807) is 13.8 Å². The Kier molecular flexibility index (Phi) is 5.25. The maximum atomic E-state index is 12.4. The summed E-state index contributed by atoms with van der Waals surface area (Å²) in [6, 6.07) is 5.60. The van der Waals surface area contributed by atoms with Gasteiger partial charge in [0.1, 0.15) is 5.75 Å². The first-order chi connectivity index (χ1) is 11.1. The number of carboxylic acids is 1. The van der Waals surface area contributed by atoms with Crippen LogP contribution in [0.1, 0.15) is 20.3 Å². The van der Waals surface area contributed by atoms with Crippen molar-refractivity contribution in [3.05, 3.63) is 29.3 Å².